The van der Waals surface area contributed by atoms with E-state index in [4.69, 9.17) is 5.73 Å². The molecule has 0 radical (unpaired) electrons. The fourth-order valence-electron chi connectivity index (χ4n) is 1.26. The van der Waals surface area contributed by atoms with Crippen LogP contribution in [0, 0.1) is 6.92 Å². The van der Waals surface area contributed by atoms with Crippen molar-refractivity contribution in [1.82, 2.24) is 10.0 Å². The van der Waals surface area contributed by atoms with E-state index in [2.05, 4.69) is 5.32 Å². The summed E-state index contributed by atoms with van der Waals surface area (Å²) in [4.78, 5) is 11.3. The topological polar surface area (TPSA) is 101 Å². The summed E-state index contributed by atoms with van der Waals surface area (Å²) in [5.74, 6) is 0. The first kappa shape index (κ1) is 14.3. The maximum atomic E-state index is 11.9. The van der Waals surface area contributed by atoms with Gasteiger partial charge in [0.2, 0.25) is 0 Å². The van der Waals surface area contributed by atoms with E-state index in [1.807, 2.05) is 4.72 Å². The van der Waals surface area contributed by atoms with Crippen molar-refractivity contribution in [3.05, 3.63) is 23.8 Å². The molecular weight excluding hydrogens is 254 g/mol. The summed E-state index contributed by atoms with van der Waals surface area (Å²) in [6.45, 7) is 5.23. The quantitative estimate of drug-likeness (QED) is 0.713. The highest BCUT2D eigenvalue weighted by molar-refractivity contribution is 7.90. The molecule has 100 valence electrons. The molecule has 1 aromatic rings. The SMILES string of the molecule is Cc1ccc(S(=O)(=O)NC(=O)NC(C)C)cc1N. The molecule has 0 fully saturated rings. The molecule has 0 aromatic heterocycles. The number of nitrogen functional groups attached to an aromatic ring is 1. The van der Waals surface area contributed by atoms with Gasteiger partial charge in [-0.05, 0) is 38.5 Å². The van der Waals surface area contributed by atoms with E-state index in [9.17, 15) is 13.2 Å². The Balaban J connectivity index is 2.93. The van der Waals surface area contributed by atoms with Crippen LogP contribution >= 0.6 is 0 Å². The first-order valence-electron chi connectivity index (χ1n) is 5.42. The maximum Gasteiger partial charge on any atom is 0.328 e. The highest BCUT2D eigenvalue weighted by Gasteiger charge is 2.18. The lowest BCUT2D eigenvalue weighted by Gasteiger charge is -2.11. The van der Waals surface area contributed by atoms with Crippen molar-refractivity contribution in [2.24, 2.45) is 0 Å². The van der Waals surface area contributed by atoms with E-state index in [1.165, 1.54) is 12.1 Å². The van der Waals surface area contributed by atoms with Crippen molar-refractivity contribution < 1.29 is 13.2 Å². The number of sulfonamides is 1. The molecule has 0 heterocycles. The van der Waals surface area contributed by atoms with Crippen LogP contribution in [0.5, 0.6) is 0 Å². The molecule has 0 spiro atoms. The molecule has 4 N–H and O–H groups in total. The van der Waals surface area contributed by atoms with Gasteiger partial charge in [-0.2, -0.15) is 0 Å². The number of amides is 2. The molecule has 0 saturated heterocycles. The zero-order valence-electron chi connectivity index (χ0n) is 10.5. The number of benzene rings is 1. The van der Waals surface area contributed by atoms with Crippen molar-refractivity contribution in [3.8, 4) is 0 Å². The predicted octanol–water partition coefficient (Wildman–Crippen LogP) is 0.974. The molecule has 0 aliphatic carbocycles. The summed E-state index contributed by atoms with van der Waals surface area (Å²) in [7, 11) is -3.89. The largest absolute Gasteiger partial charge is 0.398 e. The van der Waals surface area contributed by atoms with Crippen LogP contribution in [0.4, 0.5) is 10.5 Å². The van der Waals surface area contributed by atoms with E-state index in [1.54, 1.807) is 26.8 Å². The Bertz CT molecular complexity index is 553. The smallest absolute Gasteiger partial charge is 0.328 e. The normalized spacial score (nSPS) is 11.3. The average Bonchev–Trinajstić information content (AvgIpc) is 2.19. The lowest BCUT2D eigenvalue weighted by atomic mass is 10.2. The van der Waals surface area contributed by atoms with Gasteiger partial charge in [-0.1, -0.05) is 6.07 Å². The molecule has 0 saturated carbocycles. The summed E-state index contributed by atoms with van der Waals surface area (Å²) >= 11 is 0. The van der Waals surface area contributed by atoms with Gasteiger partial charge < -0.3 is 11.1 Å². The summed E-state index contributed by atoms with van der Waals surface area (Å²) in [5.41, 5.74) is 6.78. The van der Waals surface area contributed by atoms with Gasteiger partial charge in [-0.25, -0.2) is 17.9 Å². The minimum Gasteiger partial charge on any atom is -0.398 e. The van der Waals surface area contributed by atoms with Gasteiger partial charge in [0.25, 0.3) is 10.0 Å². The van der Waals surface area contributed by atoms with Crippen LogP contribution in [0.3, 0.4) is 0 Å². The Morgan fingerprint density at radius 3 is 2.44 bits per heavy atom. The molecule has 6 nitrogen and oxygen atoms in total. The van der Waals surface area contributed by atoms with Crippen LogP contribution < -0.4 is 15.8 Å². The predicted molar refractivity (Wildman–Crippen MR) is 69.6 cm³/mol. The summed E-state index contributed by atoms with van der Waals surface area (Å²) in [5, 5.41) is 2.43. The summed E-state index contributed by atoms with van der Waals surface area (Å²) < 4.78 is 25.6. The minimum atomic E-state index is -3.89. The van der Waals surface area contributed by atoms with Gasteiger partial charge in [0.05, 0.1) is 4.90 Å². The molecule has 0 atom stereocenters. The molecule has 7 heteroatoms. The molecule has 0 aliphatic rings. The van der Waals surface area contributed by atoms with Crippen LogP contribution in [-0.2, 0) is 10.0 Å². The number of carbonyl (C=O) groups excluding carboxylic acids is 1. The highest BCUT2D eigenvalue weighted by atomic mass is 32.2. The molecule has 2 amide bonds. The second-order valence-electron chi connectivity index (χ2n) is 4.25. The van der Waals surface area contributed by atoms with Gasteiger partial charge in [0, 0.05) is 11.7 Å². The van der Waals surface area contributed by atoms with Gasteiger partial charge >= 0.3 is 6.03 Å². The van der Waals surface area contributed by atoms with E-state index in [0.29, 0.717) is 5.69 Å². The van der Waals surface area contributed by atoms with E-state index >= 15 is 0 Å². The first-order chi connectivity index (χ1) is 8.22. The molecule has 0 unspecified atom stereocenters. The maximum absolute atomic E-state index is 11.9. The van der Waals surface area contributed by atoms with E-state index in [0.717, 1.165) is 5.56 Å². The molecule has 1 rings (SSSR count). The van der Waals surface area contributed by atoms with Crippen molar-refractivity contribution >= 4 is 21.7 Å². The monoisotopic (exact) mass is 271 g/mol. The lowest BCUT2D eigenvalue weighted by Crippen LogP contribution is -2.42. The number of nitrogens with two attached hydrogens (primary N) is 1. The molecule has 1 aromatic carbocycles. The van der Waals surface area contributed by atoms with E-state index < -0.39 is 16.1 Å². The number of rotatable bonds is 3. The van der Waals surface area contributed by atoms with Crippen LogP contribution in [0.1, 0.15) is 19.4 Å². The molecule has 18 heavy (non-hydrogen) atoms. The van der Waals surface area contributed by atoms with Gasteiger partial charge in [0.1, 0.15) is 0 Å². The fourth-order valence-corrected chi connectivity index (χ4v) is 2.21. The zero-order valence-corrected chi connectivity index (χ0v) is 11.3. The summed E-state index contributed by atoms with van der Waals surface area (Å²) in [6.07, 6.45) is 0. The third-order valence-electron chi connectivity index (χ3n) is 2.21. The average molecular weight is 271 g/mol. The van der Waals surface area contributed by atoms with Crippen LogP contribution in [-0.4, -0.2) is 20.5 Å². The zero-order chi connectivity index (χ0) is 13.9. The Kier molecular flexibility index (Phi) is 4.18. The van der Waals surface area contributed by atoms with Gasteiger partial charge in [-0.3, -0.25) is 0 Å². The Morgan fingerprint density at radius 1 is 1.33 bits per heavy atom. The second-order valence-corrected chi connectivity index (χ2v) is 5.93. The number of nitrogens with one attached hydrogen (secondary N) is 2. The van der Waals surface area contributed by atoms with Crippen LogP contribution in [0.25, 0.3) is 0 Å². The van der Waals surface area contributed by atoms with Crippen LogP contribution in [0.2, 0.25) is 0 Å². The standard InChI is InChI=1S/C11H17N3O3S/c1-7(2)13-11(15)14-18(16,17)9-5-4-8(3)10(12)6-9/h4-7H,12H2,1-3H3,(H2,13,14,15). The second kappa shape index (κ2) is 5.26. The highest BCUT2D eigenvalue weighted by Crippen LogP contribution is 2.16. The number of aryl methyl sites for hydroxylation is 1. The number of hydrogen-bond donors (Lipinski definition) is 3. The van der Waals surface area contributed by atoms with Crippen molar-refractivity contribution in [2.75, 3.05) is 5.73 Å². The number of hydrogen-bond acceptors (Lipinski definition) is 4. The van der Waals surface area contributed by atoms with E-state index in [-0.39, 0.29) is 10.9 Å². The summed E-state index contributed by atoms with van der Waals surface area (Å²) in [6, 6.07) is 3.40. The third-order valence-corrected chi connectivity index (χ3v) is 3.54. The third kappa shape index (κ3) is 3.63. The molecule has 0 aliphatic heterocycles. The van der Waals surface area contributed by atoms with Crippen molar-refractivity contribution in [2.45, 2.75) is 31.7 Å². The fraction of sp³-hybridized carbons (Fsp3) is 0.364. The lowest BCUT2D eigenvalue weighted by molar-refractivity contribution is 0.243. The Labute approximate surface area is 107 Å². The number of carbonyl (C=O) groups is 1. The molecule has 0 bridgehead atoms. The molecular formula is C11H17N3O3S. The Hall–Kier alpha value is -1.76. The van der Waals surface area contributed by atoms with Gasteiger partial charge in [0.15, 0.2) is 0 Å². The minimum absolute atomic E-state index is 0.0375. The van der Waals surface area contributed by atoms with Crippen LogP contribution in [0.15, 0.2) is 23.1 Å². The number of urea groups is 1. The number of anilines is 1. The Morgan fingerprint density at radius 2 is 1.94 bits per heavy atom. The van der Waals surface area contributed by atoms with Crippen molar-refractivity contribution in [1.29, 1.82) is 0 Å². The van der Waals surface area contributed by atoms with Gasteiger partial charge in [-0.15, -0.1) is 0 Å². The first-order valence-corrected chi connectivity index (χ1v) is 6.90. The van der Waals surface area contributed by atoms with Crippen molar-refractivity contribution in [3.63, 3.8) is 0 Å².